The predicted octanol–water partition coefficient (Wildman–Crippen LogP) is 8.35. The van der Waals surface area contributed by atoms with Crippen molar-refractivity contribution in [1.82, 2.24) is 4.90 Å². The molecule has 1 nitrogen and oxygen atoms in total. The molecule has 0 rings (SSSR count). The van der Waals surface area contributed by atoms with Crippen LogP contribution in [0.15, 0.2) is 12.3 Å². The van der Waals surface area contributed by atoms with Gasteiger partial charge < -0.3 is 4.90 Å². The van der Waals surface area contributed by atoms with E-state index in [1.54, 1.807) is 0 Å². The van der Waals surface area contributed by atoms with Crippen molar-refractivity contribution in [3.05, 3.63) is 12.3 Å². The zero-order valence-corrected chi connectivity index (χ0v) is 18.2. The molecular weight excluding hydrogens is 302 g/mol. The normalized spacial score (nSPS) is 12.8. The highest BCUT2D eigenvalue weighted by Crippen LogP contribution is 2.16. The standard InChI is InChI=1S/C24H49N/c1-5-7-9-10-11-12-13-14-15-16-17-18-19-20-24(3)21-23-25(4)22-8-6-2/h8,22,24H,5-7,9-21,23H2,1-4H3. The van der Waals surface area contributed by atoms with Crippen molar-refractivity contribution in [1.29, 1.82) is 0 Å². The van der Waals surface area contributed by atoms with Gasteiger partial charge in [-0.2, -0.15) is 0 Å². The highest BCUT2D eigenvalue weighted by atomic mass is 15.1. The van der Waals surface area contributed by atoms with Crippen LogP contribution in [0.2, 0.25) is 0 Å². The quantitative estimate of drug-likeness (QED) is 0.211. The van der Waals surface area contributed by atoms with Crippen LogP contribution in [-0.2, 0) is 0 Å². The summed E-state index contributed by atoms with van der Waals surface area (Å²) in [5.74, 6) is 0.880. The second-order valence-corrected chi connectivity index (χ2v) is 8.20. The molecule has 1 atom stereocenters. The van der Waals surface area contributed by atoms with E-state index in [4.69, 9.17) is 0 Å². The van der Waals surface area contributed by atoms with Crippen LogP contribution in [0, 0.1) is 5.92 Å². The maximum atomic E-state index is 2.43. The molecule has 0 aromatic rings. The average Bonchev–Trinajstić information content (AvgIpc) is 2.62. The van der Waals surface area contributed by atoms with Gasteiger partial charge in [0.1, 0.15) is 0 Å². The smallest absolute Gasteiger partial charge is 0.0171 e. The summed E-state index contributed by atoms with van der Waals surface area (Å²) < 4.78 is 0. The summed E-state index contributed by atoms with van der Waals surface area (Å²) in [5.41, 5.74) is 0. The SMILES string of the molecule is CCC=CN(C)CCC(C)CCCCCCCCCCCCCCC. The summed E-state index contributed by atoms with van der Waals surface area (Å²) >= 11 is 0. The lowest BCUT2D eigenvalue weighted by Crippen LogP contribution is -2.14. The molecule has 0 spiro atoms. The Balaban J connectivity index is 3.23. The number of hydrogen-bond acceptors (Lipinski definition) is 1. The van der Waals surface area contributed by atoms with Gasteiger partial charge in [-0.1, -0.05) is 117 Å². The first-order valence-electron chi connectivity index (χ1n) is 11.6. The fourth-order valence-corrected chi connectivity index (χ4v) is 3.44. The molecule has 0 N–H and O–H groups in total. The number of unbranched alkanes of at least 4 members (excludes halogenated alkanes) is 12. The number of rotatable bonds is 19. The minimum Gasteiger partial charge on any atom is -0.381 e. The molecule has 150 valence electrons. The van der Waals surface area contributed by atoms with Crippen LogP contribution in [-0.4, -0.2) is 18.5 Å². The molecule has 0 aliphatic carbocycles. The van der Waals surface area contributed by atoms with Crippen molar-refractivity contribution in [2.45, 2.75) is 124 Å². The molecule has 1 unspecified atom stereocenters. The Hall–Kier alpha value is -0.460. The zero-order valence-electron chi connectivity index (χ0n) is 18.2. The Bertz CT molecular complexity index is 271. The van der Waals surface area contributed by atoms with Crippen LogP contribution >= 0.6 is 0 Å². The molecule has 0 aliphatic rings. The molecule has 0 aromatic heterocycles. The van der Waals surface area contributed by atoms with Gasteiger partial charge in [0.25, 0.3) is 0 Å². The fraction of sp³-hybridized carbons (Fsp3) is 0.917. The Morgan fingerprint density at radius 3 is 1.64 bits per heavy atom. The third-order valence-electron chi connectivity index (χ3n) is 5.37. The van der Waals surface area contributed by atoms with Gasteiger partial charge in [0.2, 0.25) is 0 Å². The highest BCUT2D eigenvalue weighted by Gasteiger charge is 2.03. The lowest BCUT2D eigenvalue weighted by atomic mass is 9.98. The third-order valence-corrected chi connectivity index (χ3v) is 5.37. The van der Waals surface area contributed by atoms with E-state index in [1.165, 1.54) is 103 Å². The molecule has 1 heteroatoms. The van der Waals surface area contributed by atoms with Gasteiger partial charge in [-0.05, 0) is 25.0 Å². The summed E-state index contributed by atoms with van der Waals surface area (Å²) in [6.45, 7) is 8.13. The first-order valence-corrected chi connectivity index (χ1v) is 11.6. The summed E-state index contributed by atoms with van der Waals surface area (Å²) in [6, 6.07) is 0. The molecule has 0 saturated carbocycles. The Morgan fingerprint density at radius 2 is 1.16 bits per heavy atom. The van der Waals surface area contributed by atoms with Gasteiger partial charge in [-0.25, -0.2) is 0 Å². The second-order valence-electron chi connectivity index (χ2n) is 8.20. The molecule has 0 saturated heterocycles. The summed E-state index contributed by atoms with van der Waals surface area (Å²) in [6.07, 6.45) is 27.3. The first kappa shape index (κ1) is 24.5. The van der Waals surface area contributed by atoms with E-state index in [0.717, 1.165) is 12.3 Å². The summed E-state index contributed by atoms with van der Waals surface area (Å²) in [7, 11) is 2.20. The average molecular weight is 352 g/mol. The minimum absolute atomic E-state index is 0.880. The van der Waals surface area contributed by atoms with Crippen LogP contribution in [0.1, 0.15) is 124 Å². The lowest BCUT2D eigenvalue weighted by molar-refractivity contribution is 0.370. The molecule has 0 fully saturated rings. The molecule has 0 aliphatic heterocycles. The molecule has 0 heterocycles. The van der Waals surface area contributed by atoms with E-state index in [0.29, 0.717) is 0 Å². The topological polar surface area (TPSA) is 3.24 Å². The summed E-state index contributed by atoms with van der Waals surface area (Å²) in [4.78, 5) is 2.34. The third kappa shape index (κ3) is 19.7. The van der Waals surface area contributed by atoms with E-state index in [1.807, 2.05) is 0 Å². The van der Waals surface area contributed by atoms with E-state index in [2.05, 4.69) is 45.0 Å². The molecule has 0 aromatic carbocycles. The molecule has 25 heavy (non-hydrogen) atoms. The number of hydrogen-bond donors (Lipinski definition) is 0. The van der Waals surface area contributed by atoms with Gasteiger partial charge in [-0.3, -0.25) is 0 Å². The zero-order chi connectivity index (χ0) is 18.6. The summed E-state index contributed by atoms with van der Waals surface area (Å²) in [5, 5.41) is 0. The maximum Gasteiger partial charge on any atom is 0.0171 e. The van der Waals surface area contributed by atoms with Crippen LogP contribution in [0.4, 0.5) is 0 Å². The van der Waals surface area contributed by atoms with E-state index in [-0.39, 0.29) is 0 Å². The predicted molar refractivity (Wildman–Crippen MR) is 116 cm³/mol. The van der Waals surface area contributed by atoms with Gasteiger partial charge in [0.15, 0.2) is 0 Å². The van der Waals surface area contributed by atoms with Crippen molar-refractivity contribution in [3.8, 4) is 0 Å². The van der Waals surface area contributed by atoms with E-state index >= 15 is 0 Å². The number of nitrogens with zero attached hydrogens (tertiary/aromatic N) is 1. The second kappa shape index (κ2) is 19.9. The largest absolute Gasteiger partial charge is 0.381 e. The van der Waals surface area contributed by atoms with Crippen LogP contribution in [0.3, 0.4) is 0 Å². The van der Waals surface area contributed by atoms with Gasteiger partial charge in [-0.15, -0.1) is 0 Å². The molecule has 0 radical (unpaired) electrons. The Labute approximate surface area is 160 Å². The van der Waals surface area contributed by atoms with Gasteiger partial charge in [0.05, 0.1) is 0 Å². The molecule has 0 amide bonds. The van der Waals surface area contributed by atoms with Crippen molar-refractivity contribution in [2.75, 3.05) is 13.6 Å². The number of allylic oxidation sites excluding steroid dienone is 1. The van der Waals surface area contributed by atoms with Crippen molar-refractivity contribution >= 4 is 0 Å². The molecular formula is C24H49N. The van der Waals surface area contributed by atoms with Crippen LogP contribution in [0.5, 0.6) is 0 Å². The monoisotopic (exact) mass is 351 g/mol. The Kier molecular flexibility index (Phi) is 19.5. The van der Waals surface area contributed by atoms with E-state index in [9.17, 15) is 0 Å². The van der Waals surface area contributed by atoms with Crippen LogP contribution < -0.4 is 0 Å². The lowest BCUT2D eigenvalue weighted by Gasteiger charge is -2.17. The Morgan fingerprint density at radius 1 is 0.680 bits per heavy atom. The highest BCUT2D eigenvalue weighted by molar-refractivity contribution is 4.79. The maximum absolute atomic E-state index is 2.43. The van der Waals surface area contributed by atoms with Gasteiger partial charge in [0, 0.05) is 13.6 Å². The van der Waals surface area contributed by atoms with Crippen molar-refractivity contribution in [3.63, 3.8) is 0 Å². The van der Waals surface area contributed by atoms with Gasteiger partial charge >= 0.3 is 0 Å². The first-order chi connectivity index (χ1) is 12.2. The van der Waals surface area contributed by atoms with E-state index < -0.39 is 0 Å². The molecule has 0 bridgehead atoms. The van der Waals surface area contributed by atoms with Crippen LogP contribution in [0.25, 0.3) is 0 Å². The van der Waals surface area contributed by atoms with Crippen molar-refractivity contribution in [2.24, 2.45) is 5.92 Å². The van der Waals surface area contributed by atoms with Crippen molar-refractivity contribution < 1.29 is 0 Å². The fourth-order valence-electron chi connectivity index (χ4n) is 3.44. The minimum atomic E-state index is 0.880.